The zero-order chi connectivity index (χ0) is 14.0. The lowest BCUT2D eigenvalue weighted by molar-refractivity contribution is -0.142. The van der Waals surface area contributed by atoms with Gasteiger partial charge in [-0.15, -0.1) is 0 Å². The molecule has 1 fully saturated rings. The molecule has 0 radical (unpaired) electrons. The average Bonchev–Trinajstić information content (AvgIpc) is 2.74. The third-order valence-electron chi connectivity index (χ3n) is 3.38. The van der Waals surface area contributed by atoms with E-state index in [1.165, 1.54) is 4.90 Å². The normalized spacial score (nSPS) is 22.3. The number of nitrogens with zero attached hydrogens (tertiary/aromatic N) is 2. The number of amides is 2. The second-order valence-electron chi connectivity index (χ2n) is 4.95. The molecule has 2 amide bonds. The topological polar surface area (TPSA) is 82.5 Å². The number of rotatable bonds is 2. The van der Waals surface area contributed by atoms with Gasteiger partial charge in [0.05, 0.1) is 17.8 Å². The van der Waals surface area contributed by atoms with Crippen LogP contribution in [0.15, 0.2) is 18.3 Å². The number of pyridine rings is 1. The molecule has 2 atom stereocenters. The Hall–Kier alpha value is -2.11. The maximum absolute atomic E-state index is 12.0. The van der Waals surface area contributed by atoms with Crippen LogP contribution in [0.4, 0.5) is 10.5 Å². The molecule has 0 aliphatic carbocycles. The fourth-order valence-corrected chi connectivity index (χ4v) is 2.20. The van der Waals surface area contributed by atoms with Gasteiger partial charge in [0.2, 0.25) is 0 Å². The zero-order valence-corrected chi connectivity index (χ0v) is 11.0. The van der Waals surface area contributed by atoms with Crippen molar-refractivity contribution in [3.63, 3.8) is 0 Å². The summed E-state index contributed by atoms with van der Waals surface area (Å²) in [7, 11) is 0. The van der Waals surface area contributed by atoms with E-state index < -0.39 is 11.9 Å². The van der Waals surface area contributed by atoms with Gasteiger partial charge in [-0.1, -0.05) is 6.92 Å². The molecule has 1 aliphatic rings. The van der Waals surface area contributed by atoms with Gasteiger partial charge in [0.25, 0.3) is 0 Å². The molecule has 1 aromatic rings. The van der Waals surface area contributed by atoms with Gasteiger partial charge >= 0.3 is 12.0 Å². The standard InChI is InChI=1S/C13H17N3O3/c1-8-6-16(7-11(8)12(17)18)13(19)15-10-4-3-9(2)14-5-10/h3-5,8,11H,6-7H2,1-2H3,(H,15,19)(H,17,18)/t8-,11-/m1/s1. The van der Waals surface area contributed by atoms with E-state index in [1.54, 1.807) is 12.3 Å². The number of aliphatic carboxylic acids is 1. The van der Waals surface area contributed by atoms with E-state index in [-0.39, 0.29) is 18.5 Å². The predicted molar refractivity (Wildman–Crippen MR) is 69.9 cm³/mol. The van der Waals surface area contributed by atoms with Crippen LogP contribution < -0.4 is 5.32 Å². The molecule has 6 heteroatoms. The van der Waals surface area contributed by atoms with Crippen molar-refractivity contribution < 1.29 is 14.7 Å². The van der Waals surface area contributed by atoms with Crippen molar-refractivity contribution in [1.29, 1.82) is 0 Å². The van der Waals surface area contributed by atoms with Gasteiger partial charge < -0.3 is 15.3 Å². The number of hydrogen-bond donors (Lipinski definition) is 2. The number of carbonyl (C=O) groups is 2. The molecular weight excluding hydrogens is 246 g/mol. The van der Waals surface area contributed by atoms with Crippen LogP contribution >= 0.6 is 0 Å². The van der Waals surface area contributed by atoms with E-state index in [4.69, 9.17) is 5.11 Å². The van der Waals surface area contributed by atoms with Crippen molar-refractivity contribution in [2.75, 3.05) is 18.4 Å². The van der Waals surface area contributed by atoms with E-state index >= 15 is 0 Å². The summed E-state index contributed by atoms with van der Waals surface area (Å²) < 4.78 is 0. The molecular formula is C13H17N3O3. The predicted octanol–water partition coefficient (Wildman–Crippen LogP) is 1.57. The molecule has 2 heterocycles. The Labute approximate surface area is 111 Å². The van der Waals surface area contributed by atoms with Crippen LogP contribution in [0.3, 0.4) is 0 Å². The lowest BCUT2D eigenvalue weighted by atomic mass is 9.99. The van der Waals surface area contributed by atoms with Crippen LogP contribution in [0.2, 0.25) is 0 Å². The van der Waals surface area contributed by atoms with Crippen molar-refractivity contribution in [3.8, 4) is 0 Å². The number of urea groups is 1. The zero-order valence-electron chi connectivity index (χ0n) is 11.0. The van der Waals surface area contributed by atoms with Crippen molar-refractivity contribution in [1.82, 2.24) is 9.88 Å². The quantitative estimate of drug-likeness (QED) is 0.848. The Balaban J connectivity index is 1.98. The molecule has 0 saturated carbocycles. The SMILES string of the molecule is Cc1ccc(NC(=O)N2C[C@@H](C)[C@H](C(=O)O)C2)cn1. The summed E-state index contributed by atoms with van der Waals surface area (Å²) in [6.07, 6.45) is 1.58. The van der Waals surface area contributed by atoms with Crippen LogP contribution in [0, 0.1) is 18.8 Å². The largest absolute Gasteiger partial charge is 0.481 e. The molecule has 1 saturated heterocycles. The lowest BCUT2D eigenvalue weighted by Crippen LogP contribution is -2.33. The van der Waals surface area contributed by atoms with E-state index in [2.05, 4.69) is 10.3 Å². The average molecular weight is 263 g/mol. The number of likely N-dealkylation sites (tertiary alicyclic amines) is 1. The van der Waals surface area contributed by atoms with Crippen molar-refractivity contribution in [3.05, 3.63) is 24.0 Å². The number of carboxylic acids is 1. The molecule has 0 bridgehead atoms. The number of carboxylic acid groups (broad SMARTS) is 1. The Morgan fingerprint density at radius 3 is 2.68 bits per heavy atom. The Kier molecular flexibility index (Phi) is 3.69. The molecule has 2 rings (SSSR count). The number of anilines is 1. The summed E-state index contributed by atoms with van der Waals surface area (Å²) in [6.45, 7) is 4.43. The molecule has 102 valence electrons. The van der Waals surface area contributed by atoms with Gasteiger partial charge in [-0.25, -0.2) is 4.79 Å². The van der Waals surface area contributed by atoms with E-state index in [0.29, 0.717) is 12.2 Å². The summed E-state index contributed by atoms with van der Waals surface area (Å²) in [5.41, 5.74) is 1.49. The number of aryl methyl sites for hydroxylation is 1. The maximum atomic E-state index is 12.0. The first-order valence-electron chi connectivity index (χ1n) is 6.18. The van der Waals surface area contributed by atoms with Crippen molar-refractivity contribution in [2.45, 2.75) is 13.8 Å². The summed E-state index contributed by atoms with van der Waals surface area (Å²) in [5.74, 6) is -1.36. The third kappa shape index (κ3) is 3.01. The minimum absolute atomic E-state index is 0.0283. The highest BCUT2D eigenvalue weighted by Gasteiger charge is 2.36. The van der Waals surface area contributed by atoms with Gasteiger partial charge in [-0.05, 0) is 25.0 Å². The Morgan fingerprint density at radius 1 is 1.42 bits per heavy atom. The number of aromatic nitrogens is 1. The monoisotopic (exact) mass is 263 g/mol. The van der Waals surface area contributed by atoms with Crippen LogP contribution in [0.1, 0.15) is 12.6 Å². The smallest absolute Gasteiger partial charge is 0.321 e. The molecule has 2 N–H and O–H groups in total. The van der Waals surface area contributed by atoms with E-state index in [0.717, 1.165) is 5.69 Å². The van der Waals surface area contributed by atoms with Crippen LogP contribution in [0.25, 0.3) is 0 Å². The van der Waals surface area contributed by atoms with Crippen molar-refractivity contribution in [2.24, 2.45) is 11.8 Å². The van der Waals surface area contributed by atoms with Gasteiger partial charge in [0.1, 0.15) is 0 Å². The highest BCUT2D eigenvalue weighted by Crippen LogP contribution is 2.23. The second kappa shape index (κ2) is 5.26. The van der Waals surface area contributed by atoms with Crippen LogP contribution in [-0.4, -0.2) is 40.1 Å². The number of nitrogens with one attached hydrogen (secondary N) is 1. The van der Waals surface area contributed by atoms with Gasteiger partial charge in [-0.2, -0.15) is 0 Å². The highest BCUT2D eigenvalue weighted by molar-refractivity contribution is 5.89. The number of carbonyl (C=O) groups excluding carboxylic acids is 1. The molecule has 19 heavy (non-hydrogen) atoms. The van der Waals surface area contributed by atoms with Gasteiger partial charge in [0, 0.05) is 18.8 Å². The first kappa shape index (κ1) is 13.3. The molecule has 6 nitrogen and oxygen atoms in total. The molecule has 1 aromatic heterocycles. The van der Waals surface area contributed by atoms with Gasteiger partial charge in [-0.3, -0.25) is 9.78 Å². The first-order valence-corrected chi connectivity index (χ1v) is 6.18. The minimum atomic E-state index is -0.847. The minimum Gasteiger partial charge on any atom is -0.481 e. The third-order valence-corrected chi connectivity index (χ3v) is 3.38. The fraction of sp³-hybridized carbons (Fsp3) is 0.462. The fourth-order valence-electron chi connectivity index (χ4n) is 2.20. The van der Waals surface area contributed by atoms with Gasteiger partial charge in [0.15, 0.2) is 0 Å². The van der Waals surface area contributed by atoms with Crippen LogP contribution in [0.5, 0.6) is 0 Å². The Bertz CT molecular complexity index is 486. The van der Waals surface area contributed by atoms with E-state index in [1.807, 2.05) is 19.9 Å². The molecule has 1 aliphatic heterocycles. The summed E-state index contributed by atoms with van der Waals surface area (Å²) in [4.78, 5) is 28.6. The summed E-state index contributed by atoms with van der Waals surface area (Å²) in [6, 6.07) is 3.30. The van der Waals surface area contributed by atoms with Crippen LogP contribution in [-0.2, 0) is 4.79 Å². The summed E-state index contributed by atoms with van der Waals surface area (Å²) in [5, 5.41) is 11.8. The lowest BCUT2D eigenvalue weighted by Gasteiger charge is -2.16. The highest BCUT2D eigenvalue weighted by atomic mass is 16.4. The maximum Gasteiger partial charge on any atom is 0.321 e. The van der Waals surface area contributed by atoms with Crippen molar-refractivity contribution >= 4 is 17.7 Å². The molecule has 0 aromatic carbocycles. The summed E-state index contributed by atoms with van der Waals surface area (Å²) >= 11 is 0. The number of hydrogen-bond acceptors (Lipinski definition) is 3. The Morgan fingerprint density at radius 2 is 2.16 bits per heavy atom. The molecule has 0 unspecified atom stereocenters. The van der Waals surface area contributed by atoms with E-state index in [9.17, 15) is 9.59 Å². The molecule has 0 spiro atoms. The first-order chi connectivity index (χ1) is 8.97. The second-order valence-corrected chi connectivity index (χ2v) is 4.95.